The number of aliphatic imine (C=N–C) groups is 1. The van der Waals surface area contributed by atoms with Crippen LogP contribution in [0.5, 0.6) is 0 Å². The Labute approximate surface area is 191 Å². The van der Waals surface area contributed by atoms with E-state index in [1.165, 1.54) is 11.3 Å². The van der Waals surface area contributed by atoms with E-state index >= 15 is 0 Å². The van der Waals surface area contributed by atoms with E-state index < -0.39 is 6.04 Å². The van der Waals surface area contributed by atoms with Gasteiger partial charge in [-0.2, -0.15) is 7.05 Å². The van der Waals surface area contributed by atoms with Crippen molar-refractivity contribution < 1.29 is 53.7 Å². The molecule has 10 heteroatoms. The number of hydrogen-bond donors (Lipinski definition) is 3. The van der Waals surface area contributed by atoms with Crippen LogP contribution in [0.3, 0.4) is 0 Å². The number of rotatable bonds is 9. The predicted molar refractivity (Wildman–Crippen MR) is 99.9 cm³/mol. The van der Waals surface area contributed by atoms with E-state index in [-0.39, 0.29) is 68.3 Å². The zero-order valence-corrected chi connectivity index (χ0v) is 20.1. The monoisotopic (exact) mass is 588 g/mol. The van der Waals surface area contributed by atoms with Crippen LogP contribution in [0.2, 0.25) is 0 Å². The molecule has 1 unspecified atom stereocenters. The second kappa shape index (κ2) is 11.6. The number of amides is 1. The number of benzene rings is 1. The zero-order valence-electron chi connectivity index (χ0n) is 14.5. The second-order valence-corrected chi connectivity index (χ2v) is 6.42. The summed E-state index contributed by atoms with van der Waals surface area (Å²) < 4.78 is 0.931. The molecule has 1 heterocycles. The number of nitrogens with two attached hydrogens (primary N) is 2. The third-order valence-electron chi connectivity index (χ3n) is 3.40. The van der Waals surface area contributed by atoms with E-state index in [2.05, 4.69) is 20.6 Å². The molecule has 0 spiro atoms. The van der Waals surface area contributed by atoms with Crippen LogP contribution in [0, 0.1) is 44.1 Å². The maximum absolute atomic E-state index is 12.8. The van der Waals surface area contributed by atoms with Gasteiger partial charge in [0, 0.05) is 50.6 Å². The van der Waals surface area contributed by atoms with Gasteiger partial charge in [0.25, 0.3) is 0 Å². The standard InChI is InChI=1S/C16H21N6O2S.Ac/c1-19-9-13(23)21-11(6-4-8-20-16(17)18)14(24)15-22-10-5-2-3-7-12(10)25-15;/h2-3,5,7,11H,4,6,8-9H2,1H3,(H,21,23)(H4,17,18,20);/q-1;. The summed E-state index contributed by atoms with van der Waals surface area (Å²) in [5, 5.41) is 6.88. The van der Waals surface area contributed by atoms with Gasteiger partial charge in [-0.25, -0.2) is 4.98 Å². The molecule has 0 saturated heterocycles. The second-order valence-electron chi connectivity index (χ2n) is 5.39. The molecule has 0 aliphatic heterocycles. The van der Waals surface area contributed by atoms with Gasteiger partial charge in [0.15, 0.2) is 16.9 Å². The van der Waals surface area contributed by atoms with Crippen molar-refractivity contribution in [1.82, 2.24) is 10.3 Å². The molecule has 0 aliphatic rings. The molecule has 0 aliphatic carbocycles. The van der Waals surface area contributed by atoms with Crippen LogP contribution in [0.25, 0.3) is 15.5 Å². The molecule has 2 aromatic rings. The maximum atomic E-state index is 12.8. The van der Waals surface area contributed by atoms with Crippen molar-refractivity contribution in [2.24, 2.45) is 16.5 Å². The van der Waals surface area contributed by atoms with Crippen LogP contribution in [-0.4, -0.2) is 48.8 Å². The summed E-state index contributed by atoms with van der Waals surface area (Å²) >= 11 is 1.32. The van der Waals surface area contributed by atoms with Gasteiger partial charge < -0.3 is 22.1 Å². The Morgan fingerprint density at radius 2 is 2.08 bits per heavy atom. The fraction of sp³-hybridized carbons (Fsp3) is 0.375. The number of carbonyl (C=O) groups is 2. The number of likely N-dealkylation sites (N-methyl/N-ethyl adjacent to an activating group) is 1. The third-order valence-corrected chi connectivity index (χ3v) is 4.45. The van der Waals surface area contributed by atoms with Crippen LogP contribution in [0.15, 0.2) is 29.3 Å². The number of para-hydroxylation sites is 1. The van der Waals surface area contributed by atoms with Crippen LogP contribution in [0.1, 0.15) is 22.6 Å². The maximum Gasteiger partial charge on any atom is 0.213 e. The van der Waals surface area contributed by atoms with Crippen molar-refractivity contribution in [3.05, 3.63) is 34.6 Å². The van der Waals surface area contributed by atoms with E-state index in [0.717, 1.165) is 10.2 Å². The van der Waals surface area contributed by atoms with Crippen LogP contribution in [-0.2, 0) is 4.79 Å². The molecule has 26 heavy (non-hydrogen) atoms. The molecule has 1 atom stereocenters. The van der Waals surface area contributed by atoms with Crippen molar-refractivity contribution in [3.8, 4) is 0 Å². The van der Waals surface area contributed by atoms with E-state index in [9.17, 15) is 9.59 Å². The molecule has 1 aromatic heterocycles. The van der Waals surface area contributed by atoms with E-state index in [4.69, 9.17) is 11.5 Å². The molecular weight excluding hydrogens is 567 g/mol. The third kappa shape index (κ3) is 6.91. The Kier molecular flexibility index (Phi) is 10.2. The molecule has 2 rings (SSSR count). The van der Waals surface area contributed by atoms with Crippen molar-refractivity contribution in [3.63, 3.8) is 0 Å². The van der Waals surface area contributed by atoms with Crippen LogP contribution >= 0.6 is 11.3 Å². The number of ketones is 1. The summed E-state index contributed by atoms with van der Waals surface area (Å²) in [7, 11) is 1.54. The van der Waals surface area contributed by atoms with E-state index in [1.807, 2.05) is 24.3 Å². The topological polar surface area (TPSA) is 138 Å². The fourth-order valence-corrected chi connectivity index (χ4v) is 3.24. The minimum absolute atomic E-state index is 0. The van der Waals surface area contributed by atoms with Gasteiger partial charge >= 0.3 is 0 Å². The minimum atomic E-state index is -0.677. The van der Waals surface area contributed by atoms with Crippen molar-refractivity contribution >= 4 is 39.2 Å². The summed E-state index contributed by atoms with van der Waals surface area (Å²) in [6.45, 7) is 0.400. The molecule has 1 radical (unpaired) electrons. The first-order valence-electron chi connectivity index (χ1n) is 7.81. The normalized spacial score (nSPS) is 11.4. The Morgan fingerprint density at radius 1 is 1.35 bits per heavy atom. The molecular formula is C16H21AcN6O2S-. The molecule has 137 valence electrons. The number of carbonyl (C=O) groups excluding carboxylic acids is 2. The molecule has 5 N–H and O–H groups in total. The fourth-order valence-electron chi connectivity index (χ4n) is 2.28. The van der Waals surface area contributed by atoms with Crippen molar-refractivity contribution in [2.45, 2.75) is 18.9 Å². The van der Waals surface area contributed by atoms with Gasteiger partial charge in [-0.3, -0.25) is 14.6 Å². The van der Waals surface area contributed by atoms with Crippen molar-refractivity contribution in [2.75, 3.05) is 20.1 Å². The van der Waals surface area contributed by atoms with E-state index in [0.29, 0.717) is 24.4 Å². The number of thiazole rings is 1. The van der Waals surface area contributed by atoms with Crippen LogP contribution < -0.4 is 16.8 Å². The smallest absolute Gasteiger partial charge is 0.213 e. The molecule has 0 fully saturated rings. The molecule has 0 saturated carbocycles. The molecule has 1 aromatic carbocycles. The van der Waals surface area contributed by atoms with Gasteiger partial charge in [0.05, 0.1) is 16.3 Å². The Morgan fingerprint density at radius 3 is 2.73 bits per heavy atom. The first kappa shape index (κ1) is 23.0. The van der Waals surface area contributed by atoms with Gasteiger partial charge in [-0.1, -0.05) is 18.7 Å². The summed E-state index contributed by atoms with van der Waals surface area (Å²) in [5.74, 6) is -0.512. The largest absolute Gasteiger partial charge is 0.657 e. The minimum Gasteiger partial charge on any atom is -0.657 e. The number of fused-ring (bicyclic) bond motifs is 1. The number of nitrogens with one attached hydrogen (secondary N) is 1. The van der Waals surface area contributed by atoms with Gasteiger partial charge in [-0.15, -0.1) is 11.3 Å². The molecule has 8 nitrogen and oxygen atoms in total. The first-order chi connectivity index (χ1) is 12.0. The summed E-state index contributed by atoms with van der Waals surface area (Å²) in [4.78, 5) is 32.9. The SMILES string of the molecule is C[N-]CC(=O)NC(CCCN=C(N)N)C(=O)c1nc2ccccc2s1.[Ac]. The van der Waals surface area contributed by atoms with Crippen LogP contribution in [0.4, 0.5) is 0 Å². The van der Waals surface area contributed by atoms with Gasteiger partial charge in [0.2, 0.25) is 5.78 Å². The van der Waals surface area contributed by atoms with E-state index in [1.54, 1.807) is 7.05 Å². The van der Waals surface area contributed by atoms with Gasteiger partial charge in [-0.05, 0) is 25.0 Å². The predicted octanol–water partition coefficient (Wildman–Crippen LogP) is 1.02. The number of aromatic nitrogens is 1. The summed E-state index contributed by atoms with van der Waals surface area (Å²) in [6, 6.07) is 6.85. The quantitative estimate of drug-likeness (QED) is 0.174. The number of hydrogen-bond acceptors (Lipinski definition) is 5. The number of guanidine groups is 1. The Bertz CT molecular complexity index is 742. The van der Waals surface area contributed by atoms with Crippen molar-refractivity contribution in [1.29, 1.82) is 0 Å². The average molecular weight is 588 g/mol. The summed E-state index contributed by atoms with van der Waals surface area (Å²) in [5.41, 5.74) is 11.4. The Hall–Kier alpha value is -1.08. The molecule has 0 bridgehead atoms. The Balaban J connectivity index is 0.00000338. The van der Waals surface area contributed by atoms with Gasteiger partial charge in [0.1, 0.15) is 0 Å². The first-order valence-corrected chi connectivity index (χ1v) is 8.63. The number of Topliss-reactive ketones (excluding diaryl/α,β-unsaturated/α-hetero) is 1. The molecule has 1 amide bonds. The zero-order chi connectivity index (χ0) is 18.2. The number of nitrogens with zero attached hydrogens (tertiary/aromatic N) is 3. The average Bonchev–Trinajstić information content (AvgIpc) is 3.01. The summed E-state index contributed by atoms with van der Waals surface area (Å²) in [6.07, 6.45) is 0.976.